The van der Waals surface area contributed by atoms with Crippen LogP contribution in [0.1, 0.15) is 5.69 Å². The van der Waals surface area contributed by atoms with Crippen LogP contribution in [0, 0.1) is 0 Å². The van der Waals surface area contributed by atoms with Gasteiger partial charge in [0, 0.05) is 29.2 Å². The first kappa shape index (κ1) is 11.0. The highest BCUT2D eigenvalue weighted by Gasteiger charge is 2.04. The second-order valence-corrected chi connectivity index (χ2v) is 4.78. The molecule has 0 fully saturated rings. The van der Waals surface area contributed by atoms with Gasteiger partial charge >= 0.3 is 0 Å². The fourth-order valence-corrected chi connectivity index (χ4v) is 2.49. The molecule has 0 atom stereocenters. The van der Waals surface area contributed by atoms with Gasteiger partial charge in [0.05, 0.1) is 6.54 Å². The summed E-state index contributed by atoms with van der Waals surface area (Å²) < 4.78 is 2.11. The number of aromatic nitrogens is 2. The third-order valence-corrected chi connectivity index (χ3v) is 3.48. The van der Waals surface area contributed by atoms with Gasteiger partial charge in [-0.05, 0) is 24.3 Å². The number of thiazole rings is 1. The molecule has 0 saturated carbocycles. The highest BCUT2D eigenvalue weighted by atomic mass is 32.1. The topological polar surface area (TPSA) is 29.9 Å². The lowest BCUT2D eigenvalue weighted by molar-refractivity contribution is 0.933. The third kappa shape index (κ3) is 2.28. The lowest BCUT2D eigenvalue weighted by Crippen LogP contribution is -2.05. The Morgan fingerprint density at radius 1 is 1.11 bits per heavy atom. The number of anilines is 1. The van der Waals surface area contributed by atoms with Crippen molar-refractivity contribution >= 4 is 17.0 Å². The van der Waals surface area contributed by atoms with Gasteiger partial charge in [0.15, 0.2) is 5.13 Å². The molecule has 3 rings (SSSR count). The van der Waals surface area contributed by atoms with E-state index in [0.717, 1.165) is 17.4 Å². The average molecular weight is 255 g/mol. The van der Waals surface area contributed by atoms with E-state index in [9.17, 15) is 0 Å². The first-order chi connectivity index (χ1) is 8.93. The van der Waals surface area contributed by atoms with Gasteiger partial charge in [-0.3, -0.25) is 4.57 Å². The van der Waals surface area contributed by atoms with Crippen LogP contribution in [0.15, 0.2) is 60.2 Å². The molecule has 3 nitrogen and oxygen atoms in total. The number of benzene rings is 1. The Morgan fingerprint density at radius 2 is 2.00 bits per heavy atom. The minimum absolute atomic E-state index is 0.788. The predicted octanol–water partition coefficient (Wildman–Crippen LogP) is 3.55. The molecule has 0 aliphatic heterocycles. The molecule has 1 aromatic carbocycles. The standard InChI is InChI=1S/C14H13N3S/c1-2-5-12(6-3-1)16-11-13-7-4-9-17(13)14-15-8-10-18-14/h1-10,16H,11H2. The summed E-state index contributed by atoms with van der Waals surface area (Å²) in [4.78, 5) is 4.33. The Balaban J connectivity index is 1.76. The van der Waals surface area contributed by atoms with E-state index in [4.69, 9.17) is 0 Å². The maximum absolute atomic E-state index is 4.33. The summed E-state index contributed by atoms with van der Waals surface area (Å²) in [5.41, 5.74) is 2.33. The van der Waals surface area contributed by atoms with Gasteiger partial charge in [-0.25, -0.2) is 4.98 Å². The molecule has 18 heavy (non-hydrogen) atoms. The van der Waals surface area contributed by atoms with E-state index < -0.39 is 0 Å². The summed E-state index contributed by atoms with van der Waals surface area (Å²) in [6.07, 6.45) is 3.87. The van der Waals surface area contributed by atoms with Crippen LogP contribution in [-0.4, -0.2) is 9.55 Å². The third-order valence-electron chi connectivity index (χ3n) is 2.71. The molecule has 3 aromatic rings. The minimum atomic E-state index is 0.788. The second-order valence-electron chi connectivity index (χ2n) is 3.90. The van der Waals surface area contributed by atoms with Crippen molar-refractivity contribution in [2.75, 3.05) is 5.32 Å². The van der Waals surface area contributed by atoms with E-state index in [-0.39, 0.29) is 0 Å². The molecule has 0 aliphatic rings. The molecule has 0 radical (unpaired) electrons. The van der Waals surface area contributed by atoms with Gasteiger partial charge in [-0.15, -0.1) is 11.3 Å². The van der Waals surface area contributed by atoms with Crippen LogP contribution in [-0.2, 0) is 6.54 Å². The second kappa shape index (κ2) is 5.06. The molecule has 90 valence electrons. The molecule has 1 N–H and O–H groups in total. The number of nitrogens with zero attached hydrogens (tertiary/aromatic N) is 2. The quantitative estimate of drug-likeness (QED) is 0.772. The number of hydrogen-bond donors (Lipinski definition) is 1. The number of nitrogens with one attached hydrogen (secondary N) is 1. The molecule has 0 spiro atoms. The van der Waals surface area contributed by atoms with Crippen LogP contribution in [0.5, 0.6) is 0 Å². The zero-order valence-electron chi connectivity index (χ0n) is 9.78. The molecular formula is C14H13N3S. The van der Waals surface area contributed by atoms with Crippen LogP contribution in [0.3, 0.4) is 0 Å². The van der Waals surface area contributed by atoms with Crippen molar-refractivity contribution in [1.29, 1.82) is 0 Å². The fraction of sp³-hybridized carbons (Fsp3) is 0.0714. The summed E-state index contributed by atoms with van der Waals surface area (Å²) in [5, 5.41) is 6.40. The van der Waals surface area contributed by atoms with E-state index in [2.05, 4.69) is 33.1 Å². The Labute approximate surface area is 110 Å². The first-order valence-electron chi connectivity index (χ1n) is 5.78. The maximum atomic E-state index is 4.33. The SMILES string of the molecule is c1ccc(NCc2cccn2-c2nccs2)cc1. The monoisotopic (exact) mass is 255 g/mol. The molecule has 0 bridgehead atoms. The summed E-state index contributed by atoms with van der Waals surface area (Å²) in [5.74, 6) is 0. The zero-order chi connectivity index (χ0) is 12.2. The number of para-hydroxylation sites is 1. The lowest BCUT2D eigenvalue weighted by atomic mass is 10.3. The van der Waals surface area contributed by atoms with Crippen LogP contribution in [0.25, 0.3) is 5.13 Å². The Kier molecular flexibility index (Phi) is 3.10. The van der Waals surface area contributed by atoms with Crippen LogP contribution >= 0.6 is 11.3 Å². The number of hydrogen-bond acceptors (Lipinski definition) is 3. The van der Waals surface area contributed by atoms with Gasteiger partial charge in [-0.2, -0.15) is 0 Å². The molecule has 0 aliphatic carbocycles. The molecule has 0 unspecified atom stereocenters. The largest absolute Gasteiger partial charge is 0.379 e. The van der Waals surface area contributed by atoms with Gasteiger partial charge in [0.25, 0.3) is 0 Å². The fourth-order valence-electron chi connectivity index (χ4n) is 1.83. The van der Waals surface area contributed by atoms with Crippen molar-refractivity contribution < 1.29 is 0 Å². The highest BCUT2D eigenvalue weighted by molar-refractivity contribution is 7.12. The van der Waals surface area contributed by atoms with Gasteiger partial charge < -0.3 is 5.32 Å². The molecule has 0 amide bonds. The highest BCUT2D eigenvalue weighted by Crippen LogP contribution is 2.16. The molecule has 0 saturated heterocycles. The molecular weight excluding hydrogens is 242 g/mol. The van der Waals surface area contributed by atoms with E-state index >= 15 is 0 Å². The van der Waals surface area contributed by atoms with E-state index in [1.807, 2.05) is 42.0 Å². The zero-order valence-corrected chi connectivity index (χ0v) is 10.6. The van der Waals surface area contributed by atoms with E-state index in [0.29, 0.717) is 0 Å². The van der Waals surface area contributed by atoms with Gasteiger partial charge in [-0.1, -0.05) is 18.2 Å². The maximum Gasteiger partial charge on any atom is 0.193 e. The Morgan fingerprint density at radius 3 is 2.78 bits per heavy atom. The first-order valence-corrected chi connectivity index (χ1v) is 6.66. The van der Waals surface area contributed by atoms with Crippen molar-refractivity contribution in [3.63, 3.8) is 0 Å². The summed E-state index contributed by atoms with van der Waals surface area (Å²) >= 11 is 1.64. The smallest absolute Gasteiger partial charge is 0.193 e. The molecule has 4 heteroatoms. The van der Waals surface area contributed by atoms with Crippen molar-refractivity contribution in [3.8, 4) is 5.13 Å². The average Bonchev–Trinajstić information content (AvgIpc) is 3.08. The summed E-state index contributed by atoms with van der Waals surface area (Å²) in [7, 11) is 0. The van der Waals surface area contributed by atoms with Crippen LogP contribution in [0.4, 0.5) is 5.69 Å². The van der Waals surface area contributed by atoms with Gasteiger partial charge in [0.2, 0.25) is 0 Å². The molecule has 2 aromatic heterocycles. The van der Waals surface area contributed by atoms with Crippen molar-refractivity contribution in [1.82, 2.24) is 9.55 Å². The summed E-state index contributed by atoms with van der Waals surface area (Å²) in [6.45, 7) is 0.788. The van der Waals surface area contributed by atoms with Crippen molar-refractivity contribution in [2.24, 2.45) is 0 Å². The van der Waals surface area contributed by atoms with E-state index in [1.54, 1.807) is 11.3 Å². The normalized spacial score (nSPS) is 10.4. The van der Waals surface area contributed by atoms with E-state index in [1.165, 1.54) is 5.69 Å². The molecule has 2 heterocycles. The van der Waals surface area contributed by atoms with Crippen LogP contribution < -0.4 is 5.32 Å². The van der Waals surface area contributed by atoms with Crippen LogP contribution in [0.2, 0.25) is 0 Å². The minimum Gasteiger partial charge on any atom is -0.379 e. The Bertz CT molecular complexity index is 599. The van der Waals surface area contributed by atoms with Crippen molar-refractivity contribution in [3.05, 3.63) is 65.9 Å². The summed E-state index contributed by atoms with van der Waals surface area (Å²) in [6, 6.07) is 14.4. The number of rotatable bonds is 4. The van der Waals surface area contributed by atoms with Crippen molar-refractivity contribution in [2.45, 2.75) is 6.54 Å². The lowest BCUT2D eigenvalue weighted by Gasteiger charge is -2.08. The Hall–Kier alpha value is -2.07. The predicted molar refractivity (Wildman–Crippen MR) is 75.2 cm³/mol. The van der Waals surface area contributed by atoms with Gasteiger partial charge in [0.1, 0.15) is 0 Å².